The van der Waals surface area contributed by atoms with Crippen molar-refractivity contribution in [1.29, 1.82) is 0 Å². The van der Waals surface area contributed by atoms with E-state index in [0.717, 1.165) is 0 Å². The van der Waals surface area contributed by atoms with Crippen LogP contribution in [0.5, 0.6) is 0 Å². The highest BCUT2D eigenvalue weighted by atomic mass is 32.2. The number of ether oxygens (including phenoxy) is 1. The van der Waals surface area contributed by atoms with Crippen LogP contribution in [0, 0.1) is 0 Å². The van der Waals surface area contributed by atoms with E-state index in [4.69, 9.17) is 9.84 Å². The molecule has 0 saturated carbocycles. The molecule has 1 heterocycles. The number of hydrogen-bond acceptors (Lipinski definition) is 7. The Morgan fingerprint density at radius 3 is 3.00 bits per heavy atom. The van der Waals surface area contributed by atoms with Crippen LogP contribution in [0.15, 0.2) is 5.16 Å². The maximum absolute atomic E-state index is 9.46. The number of tetrazole rings is 1. The number of nitrogens with zero attached hydrogens (tertiary/aromatic N) is 4. The molecule has 15 heavy (non-hydrogen) atoms. The Balaban J connectivity index is 2.16. The van der Waals surface area contributed by atoms with Gasteiger partial charge in [-0.05, 0) is 10.4 Å². The highest BCUT2D eigenvalue weighted by Gasteiger charge is 2.08. The largest absolute Gasteiger partial charge is 0.394 e. The van der Waals surface area contributed by atoms with Crippen molar-refractivity contribution in [2.75, 3.05) is 25.6 Å². The van der Waals surface area contributed by atoms with Gasteiger partial charge in [-0.25, -0.2) is 4.68 Å². The maximum Gasteiger partial charge on any atom is 0.209 e. The van der Waals surface area contributed by atoms with Crippen LogP contribution in [-0.2, 0) is 11.8 Å². The molecule has 1 aromatic heterocycles. The molecule has 0 amide bonds. The standard InChI is InChI=1S/C7H14N4O3S/c1-11-7(8-9-10-11)15-5-6(13)4-14-3-2-12/h6,12-13H,2-5H2,1H3/t6-/m1/s1. The van der Waals surface area contributed by atoms with Gasteiger partial charge in [0.1, 0.15) is 0 Å². The predicted octanol–water partition coefficient (Wildman–Crippen LogP) is -1.33. The number of aryl methyl sites for hydroxylation is 1. The predicted molar refractivity (Wildman–Crippen MR) is 53.4 cm³/mol. The molecule has 86 valence electrons. The number of hydrogen-bond donors (Lipinski definition) is 2. The Morgan fingerprint density at radius 1 is 1.60 bits per heavy atom. The Hall–Kier alpha value is -0.700. The molecule has 0 unspecified atom stereocenters. The van der Waals surface area contributed by atoms with E-state index < -0.39 is 6.10 Å². The minimum absolute atomic E-state index is 0.0347. The molecule has 7 nitrogen and oxygen atoms in total. The molecule has 0 fully saturated rings. The van der Waals surface area contributed by atoms with Crippen LogP contribution >= 0.6 is 11.8 Å². The van der Waals surface area contributed by atoms with E-state index in [-0.39, 0.29) is 19.8 Å². The van der Waals surface area contributed by atoms with E-state index in [9.17, 15) is 5.11 Å². The van der Waals surface area contributed by atoms with Crippen LogP contribution in [0.4, 0.5) is 0 Å². The van der Waals surface area contributed by atoms with E-state index in [1.54, 1.807) is 7.05 Å². The van der Waals surface area contributed by atoms with Gasteiger partial charge in [0, 0.05) is 12.8 Å². The third kappa shape index (κ3) is 4.56. The molecule has 0 aliphatic carbocycles. The first-order valence-corrected chi connectivity index (χ1v) is 5.44. The SMILES string of the molecule is Cn1nnnc1SC[C@H](O)COCCO. The van der Waals surface area contributed by atoms with Crippen molar-refractivity contribution in [2.24, 2.45) is 7.05 Å². The summed E-state index contributed by atoms with van der Waals surface area (Å²) in [7, 11) is 1.73. The van der Waals surface area contributed by atoms with Crippen molar-refractivity contribution in [2.45, 2.75) is 11.3 Å². The summed E-state index contributed by atoms with van der Waals surface area (Å²) >= 11 is 1.35. The van der Waals surface area contributed by atoms with Crippen molar-refractivity contribution in [3.8, 4) is 0 Å². The second kappa shape index (κ2) is 6.72. The van der Waals surface area contributed by atoms with Crippen molar-refractivity contribution in [3.63, 3.8) is 0 Å². The number of thioether (sulfide) groups is 1. The minimum Gasteiger partial charge on any atom is -0.394 e. The summed E-state index contributed by atoms with van der Waals surface area (Å²) in [5.41, 5.74) is 0. The van der Waals surface area contributed by atoms with Gasteiger partial charge >= 0.3 is 0 Å². The van der Waals surface area contributed by atoms with Gasteiger partial charge in [-0.15, -0.1) is 5.10 Å². The molecule has 0 aliphatic heterocycles. The molecular weight excluding hydrogens is 220 g/mol. The summed E-state index contributed by atoms with van der Waals surface area (Å²) in [6, 6.07) is 0. The minimum atomic E-state index is -0.585. The highest BCUT2D eigenvalue weighted by Crippen LogP contribution is 2.13. The van der Waals surface area contributed by atoms with Crippen LogP contribution < -0.4 is 0 Å². The van der Waals surface area contributed by atoms with Crippen molar-refractivity contribution >= 4 is 11.8 Å². The highest BCUT2D eigenvalue weighted by molar-refractivity contribution is 7.99. The Kier molecular flexibility index (Phi) is 5.54. The summed E-state index contributed by atoms with van der Waals surface area (Å²) in [5.74, 6) is 0.458. The number of aromatic nitrogens is 4. The van der Waals surface area contributed by atoms with Crippen LogP contribution in [-0.4, -0.2) is 62.1 Å². The van der Waals surface area contributed by atoms with E-state index in [0.29, 0.717) is 10.9 Å². The topological polar surface area (TPSA) is 93.3 Å². The van der Waals surface area contributed by atoms with Gasteiger partial charge in [-0.2, -0.15) is 0 Å². The Bertz CT molecular complexity index is 283. The number of aliphatic hydroxyl groups excluding tert-OH is 2. The number of aliphatic hydroxyl groups is 2. The van der Waals surface area contributed by atoms with Gasteiger partial charge < -0.3 is 14.9 Å². The number of rotatable bonds is 7. The zero-order chi connectivity index (χ0) is 11.1. The normalized spacial score (nSPS) is 13.0. The van der Waals surface area contributed by atoms with Crippen LogP contribution in [0.1, 0.15) is 0 Å². The quantitative estimate of drug-likeness (QED) is 0.446. The lowest BCUT2D eigenvalue weighted by Gasteiger charge is -2.09. The fraction of sp³-hybridized carbons (Fsp3) is 0.857. The van der Waals surface area contributed by atoms with Crippen LogP contribution in [0.25, 0.3) is 0 Å². The Morgan fingerprint density at radius 2 is 2.40 bits per heavy atom. The molecule has 0 radical (unpaired) electrons. The van der Waals surface area contributed by atoms with E-state index in [1.807, 2.05) is 0 Å². The monoisotopic (exact) mass is 234 g/mol. The van der Waals surface area contributed by atoms with Gasteiger partial charge in [-0.3, -0.25) is 0 Å². The summed E-state index contributed by atoms with van der Waals surface area (Å²) < 4.78 is 6.51. The average molecular weight is 234 g/mol. The van der Waals surface area contributed by atoms with E-state index >= 15 is 0 Å². The summed E-state index contributed by atoms with van der Waals surface area (Å²) in [4.78, 5) is 0. The first-order valence-electron chi connectivity index (χ1n) is 4.46. The molecule has 1 atom stereocenters. The van der Waals surface area contributed by atoms with E-state index in [1.165, 1.54) is 16.4 Å². The second-order valence-corrected chi connectivity index (χ2v) is 3.84. The van der Waals surface area contributed by atoms with E-state index in [2.05, 4.69) is 15.5 Å². The fourth-order valence-corrected chi connectivity index (χ4v) is 1.60. The molecule has 0 aromatic carbocycles. The third-order valence-electron chi connectivity index (χ3n) is 1.53. The molecule has 1 rings (SSSR count). The lowest BCUT2D eigenvalue weighted by Crippen LogP contribution is -2.19. The Labute approximate surface area is 91.4 Å². The molecule has 8 heteroatoms. The average Bonchev–Trinajstić information content (AvgIpc) is 2.61. The molecule has 0 saturated heterocycles. The van der Waals surface area contributed by atoms with Crippen molar-refractivity contribution < 1.29 is 14.9 Å². The smallest absolute Gasteiger partial charge is 0.209 e. The fourth-order valence-electron chi connectivity index (χ4n) is 0.846. The molecular formula is C7H14N4O3S. The second-order valence-electron chi connectivity index (χ2n) is 2.85. The molecule has 0 aliphatic rings. The summed E-state index contributed by atoms with van der Waals surface area (Å²) in [5, 5.41) is 29.5. The zero-order valence-corrected chi connectivity index (χ0v) is 9.22. The van der Waals surface area contributed by atoms with Crippen molar-refractivity contribution in [3.05, 3.63) is 0 Å². The van der Waals surface area contributed by atoms with Gasteiger partial charge in [0.25, 0.3) is 0 Å². The van der Waals surface area contributed by atoms with Gasteiger partial charge in [0.2, 0.25) is 5.16 Å². The maximum atomic E-state index is 9.46. The van der Waals surface area contributed by atoms with Crippen molar-refractivity contribution in [1.82, 2.24) is 20.2 Å². The zero-order valence-electron chi connectivity index (χ0n) is 8.41. The summed E-state index contributed by atoms with van der Waals surface area (Å²) in [6.45, 7) is 0.416. The lowest BCUT2D eigenvalue weighted by atomic mass is 10.4. The molecule has 0 bridgehead atoms. The van der Waals surface area contributed by atoms with Crippen LogP contribution in [0.2, 0.25) is 0 Å². The first kappa shape index (κ1) is 12.4. The lowest BCUT2D eigenvalue weighted by molar-refractivity contribution is 0.0311. The first-order chi connectivity index (χ1) is 7.24. The molecule has 1 aromatic rings. The molecule has 0 spiro atoms. The molecule has 2 N–H and O–H groups in total. The van der Waals surface area contributed by atoms with Crippen LogP contribution in [0.3, 0.4) is 0 Å². The summed E-state index contributed by atoms with van der Waals surface area (Å²) in [6.07, 6.45) is -0.585. The van der Waals surface area contributed by atoms with Gasteiger partial charge in [0.15, 0.2) is 0 Å². The van der Waals surface area contributed by atoms with Gasteiger partial charge in [-0.1, -0.05) is 11.8 Å². The third-order valence-corrected chi connectivity index (χ3v) is 2.69. The van der Waals surface area contributed by atoms with Gasteiger partial charge in [0.05, 0.1) is 25.9 Å².